The number of rotatable bonds is 5. The van der Waals surface area contributed by atoms with Crippen LogP contribution in [-0.2, 0) is 11.2 Å². The summed E-state index contributed by atoms with van der Waals surface area (Å²) in [6.45, 7) is 8.44. The first-order chi connectivity index (χ1) is 8.76. The maximum atomic E-state index is 11.8. The van der Waals surface area contributed by atoms with Crippen LogP contribution in [0.15, 0.2) is 24.3 Å². The van der Waals surface area contributed by atoms with Crippen molar-refractivity contribution >= 4 is 17.5 Å². The molecule has 1 atom stereocenters. The van der Waals surface area contributed by atoms with Gasteiger partial charge in [-0.05, 0) is 51.8 Å². The summed E-state index contributed by atoms with van der Waals surface area (Å²) in [6, 6.07) is 7.81. The lowest BCUT2D eigenvalue weighted by molar-refractivity contribution is -0.121. The first-order valence-corrected chi connectivity index (χ1v) is 6.93. The second-order valence-electron chi connectivity index (χ2n) is 5.91. The van der Waals surface area contributed by atoms with Gasteiger partial charge in [0.1, 0.15) is 0 Å². The number of hydrogen-bond donors (Lipinski definition) is 2. The highest BCUT2D eigenvalue weighted by molar-refractivity contribution is 6.30. The Hall–Kier alpha value is -1.06. The van der Waals surface area contributed by atoms with E-state index in [9.17, 15) is 4.79 Å². The third-order valence-corrected chi connectivity index (χ3v) is 2.85. The van der Waals surface area contributed by atoms with Gasteiger partial charge in [0, 0.05) is 16.6 Å². The van der Waals surface area contributed by atoms with E-state index in [1.807, 2.05) is 52.0 Å². The SMILES string of the molecule is CC(Cc1cccc(Cl)c1)NC(=O)CNC(C)(C)C. The summed E-state index contributed by atoms with van der Waals surface area (Å²) in [6.07, 6.45) is 0.780. The predicted molar refractivity (Wildman–Crippen MR) is 80.5 cm³/mol. The maximum Gasteiger partial charge on any atom is 0.234 e. The van der Waals surface area contributed by atoms with Gasteiger partial charge in [-0.15, -0.1) is 0 Å². The Bertz CT molecular complexity index is 426. The molecule has 0 radical (unpaired) electrons. The molecule has 106 valence electrons. The first kappa shape index (κ1) is 16.0. The van der Waals surface area contributed by atoms with Gasteiger partial charge in [-0.2, -0.15) is 0 Å². The van der Waals surface area contributed by atoms with Gasteiger partial charge in [0.15, 0.2) is 0 Å². The van der Waals surface area contributed by atoms with E-state index in [0.29, 0.717) is 6.54 Å². The van der Waals surface area contributed by atoms with E-state index in [4.69, 9.17) is 11.6 Å². The quantitative estimate of drug-likeness (QED) is 0.872. The molecule has 0 bridgehead atoms. The molecule has 0 aliphatic heterocycles. The molecule has 1 rings (SSSR count). The molecule has 1 aromatic rings. The highest BCUT2D eigenvalue weighted by Gasteiger charge is 2.13. The van der Waals surface area contributed by atoms with Crippen LogP contribution in [0.3, 0.4) is 0 Å². The average Bonchev–Trinajstić information content (AvgIpc) is 2.25. The Kier molecular flexibility index (Phi) is 5.83. The van der Waals surface area contributed by atoms with Gasteiger partial charge in [-0.1, -0.05) is 23.7 Å². The van der Waals surface area contributed by atoms with Gasteiger partial charge < -0.3 is 10.6 Å². The lowest BCUT2D eigenvalue weighted by Gasteiger charge is -2.21. The summed E-state index contributed by atoms with van der Waals surface area (Å²) in [4.78, 5) is 11.8. The Labute approximate surface area is 120 Å². The molecule has 0 heterocycles. The highest BCUT2D eigenvalue weighted by Crippen LogP contribution is 2.12. The molecule has 0 aliphatic rings. The number of nitrogens with one attached hydrogen (secondary N) is 2. The van der Waals surface area contributed by atoms with Crippen LogP contribution in [0, 0.1) is 0 Å². The van der Waals surface area contributed by atoms with Gasteiger partial charge in [-0.25, -0.2) is 0 Å². The van der Waals surface area contributed by atoms with Crippen molar-refractivity contribution in [3.8, 4) is 0 Å². The highest BCUT2D eigenvalue weighted by atomic mass is 35.5. The van der Waals surface area contributed by atoms with E-state index >= 15 is 0 Å². The summed E-state index contributed by atoms with van der Waals surface area (Å²) in [5, 5.41) is 6.87. The third-order valence-electron chi connectivity index (χ3n) is 2.62. The lowest BCUT2D eigenvalue weighted by atomic mass is 10.1. The zero-order valence-corrected chi connectivity index (χ0v) is 12.8. The van der Waals surface area contributed by atoms with Crippen molar-refractivity contribution in [2.24, 2.45) is 0 Å². The van der Waals surface area contributed by atoms with Crippen molar-refractivity contribution in [2.75, 3.05) is 6.54 Å². The second kappa shape index (κ2) is 6.92. The van der Waals surface area contributed by atoms with Crippen molar-refractivity contribution in [1.29, 1.82) is 0 Å². The number of hydrogen-bond acceptors (Lipinski definition) is 2. The molecule has 0 aromatic heterocycles. The number of halogens is 1. The van der Waals surface area contributed by atoms with E-state index in [1.165, 1.54) is 0 Å². The molecule has 4 heteroatoms. The zero-order valence-electron chi connectivity index (χ0n) is 12.1. The molecule has 19 heavy (non-hydrogen) atoms. The van der Waals surface area contributed by atoms with Gasteiger partial charge in [0.25, 0.3) is 0 Å². The molecule has 2 N–H and O–H groups in total. The standard InChI is InChI=1S/C15H23ClN2O/c1-11(8-12-6-5-7-13(16)9-12)18-14(19)10-17-15(2,3)4/h5-7,9,11,17H,8,10H2,1-4H3,(H,18,19). The Morgan fingerprint density at radius 1 is 1.37 bits per heavy atom. The first-order valence-electron chi connectivity index (χ1n) is 6.55. The Balaban J connectivity index is 2.38. The van der Waals surface area contributed by atoms with Crippen LogP contribution in [0.2, 0.25) is 5.02 Å². The van der Waals surface area contributed by atoms with Crippen molar-refractivity contribution in [3.63, 3.8) is 0 Å². The predicted octanol–water partition coefficient (Wildman–Crippen LogP) is 2.78. The summed E-state index contributed by atoms with van der Waals surface area (Å²) >= 11 is 5.94. The monoisotopic (exact) mass is 282 g/mol. The molecule has 1 amide bonds. The van der Waals surface area contributed by atoms with Crippen LogP contribution in [0.25, 0.3) is 0 Å². The van der Waals surface area contributed by atoms with Crippen LogP contribution in [-0.4, -0.2) is 24.0 Å². The van der Waals surface area contributed by atoms with Gasteiger partial charge in [-0.3, -0.25) is 4.79 Å². The van der Waals surface area contributed by atoms with E-state index in [0.717, 1.165) is 17.0 Å². The van der Waals surface area contributed by atoms with E-state index < -0.39 is 0 Å². The lowest BCUT2D eigenvalue weighted by Crippen LogP contribution is -2.45. The summed E-state index contributed by atoms with van der Waals surface area (Å²) in [7, 11) is 0. The molecule has 1 aromatic carbocycles. The summed E-state index contributed by atoms with van der Waals surface area (Å²) < 4.78 is 0. The third kappa shape index (κ3) is 7.19. The normalized spacial score (nSPS) is 13.1. The van der Waals surface area contributed by atoms with Gasteiger partial charge in [0.05, 0.1) is 6.54 Å². The fraction of sp³-hybridized carbons (Fsp3) is 0.533. The van der Waals surface area contributed by atoms with E-state index in [1.54, 1.807) is 0 Å². The topological polar surface area (TPSA) is 41.1 Å². The molecule has 0 saturated carbocycles. The fourth-order valence-electron chi connectivity index (χ4n) is 1.74. The number of amides is 1. The average molecular weight is 283 g/mol. The molecule has 0 aliphatic carbocycles. The summed E-state index contributed by atoms with van der Waals surface area (Å²) in [5.74, 6) is 0.0180. The minimum absolute atomic E-state index is 0.0180. The van der Waals surface area contributed by atoms with Crippen molar-refractivity contribution in [1.82, 2.24) is 10.6 Å². The van der Waals surface area contributed by atoms with Crippen LogP contribution >= 0.6 is 11.6 Å². The van der Waals surface area contributed by atoms with Crippen molar-refractivity contribution in [3.05, 3.63) is 34.9 Å². The van der Waals surface area contributed by atoms with Gasteiger partial charge >= 0.3 is 0 Å². The fourth-order valence-corrected chi connectivity index (χ4v) is 1.95. The van der Waals surface area contributed by atoms with Crippen molar-refractivity contribution in [2.45, 2.75) is 45.7 Å². The molecule has 3 nitrogen and oxygen atoms in total. The Morgan fingerprint density at radius 3 is 2.63 bits per heavy atom. The Morgan fingerprint density at radius 2 is 2.05 bits per heavy atom. The van der Waals surface area contributed by atoms with Gasteiger partial charge in [0.2, 0.25) is 5.91 Å². The molecular formula is C15H23ClN2O. The number of benzene rings is 1. The molecule has 0 spiro atoms. The largest absolute Gasteiger partial charge is 0.352 e. The minimum atomic E-state index is -0.0481. The molecule has 0 saturated heterocycles. The van der Waals surface area contributed by atoms with Crippen LogP contribution < -0.4 is 10.6 Å². The summed E-state index contributed by atoms with van der Waals surface area (Å²) in [5.41, 5.74) is 1.08. The van der Waals surface area contributed by atoms with Crippen molar-refractivity contribution < 1.29 is 4.79 Å². The minimum Gasteiger partial charge on any atom is -0.352 e. The molecule has 0 fully saturated rings. The number of carbonyl (C=O) groups is 1. The smallest absolute Gasteiger partial charge is 0.234 e. The maximum absolute atomic E-state index is 11.8. The van der Waals surface area contributed by atoms with E-state index in [-0.39, 0.29) is 17.5 Å². The van der Waals surface area contributed by atoms with Crippen LogP contribution in [0.5, 0.6) is 0 Å². The number of carbonyl (C=O) groups excluding carboxylic acids is 1. The van der Waals surface area contributed by atoms with Crippen LogP contribution in [0.1, 0.15) is 33.3 Å². The second-order valence-corrected chi connectivity index (χ2v) is 6.34. The molecular weight excluding hydrogens is 260 g/mol. The zero-order chi connectivity index (χ0) is 14.5. The van der Waals surface area contributed by atoms with E-state index in [2.05, 4.69) is 10.6 Å². The van der Waals surface area contributed by atoms with Crippen LogP contribution in [0.4, 0.5) is 0 Å². The molecule has 1 unspecified atom stereocenters.